The third-order valence-corrected chi connectivity index (χ3v) is 5.15. The molecular weight excluding hydrogens is 224 g/mol. The highest BCUT2D eigenvalue weighted by Crippen LogP contribution is 2.30. The molecule has 96 valence electrons. The molecule has 0 saturated heterocycles. The van der Waals surface area contributed by atoms with Crippen LogP contribution in [0.3, 0.4) is 0 Å². The average Bonchev–Trinajstić information content (AvgIpc) is 2.11. The number of nitrogens with one attached hydrogen (secondary N) is 1. The summed E-state index contributed by atoms with van der Waals surface area (Å²) >= 11 is 0. The molecule has 0 aromatic heterocycles. The van der Waals surface area contributed by atoms with Crippen molar-refractivity contribution in [1.29, 1.82) is 0 Å². The summed E-state index contributed by atoms with van der Waals surface area (Å²) in [5, 5.41) is 3.29. The first kappa shape index (κ1) is 13.9. The molecule has 1 atom stereocenters. The Morgan fingerprint density at radius 1 is 1.38 bits per heavy atom. The van der Waals surface area contributed by atoms with Gasteiger partial charge in [-0.3, -0.25) is 0 Å². The SMILES string of the molecule is CC(CC1CCC1)NCCS(=O)(=O)N(C)C. The first-order valence-corrected chi connectivity index (χ1v) is 7.66. The predicted molar refractivity (Wildman–Crippen MR) is 66.9 cm³/mol. The van der Waals surface area contributed by atoms with Crippen molar-refractivity contribution in [2.24, 2.45) is 5.92 Å². The molecule has 0 heterocycles. The molecule has 4 nitrogen and oxygen atoms in total. The average molecular weight is 248 g/mol. The normalized spacial score (nSPS) is 19.8. The van der Waals surface area contributed by atoms with Crippen molar-refractivity contribution in [3.05, 3.63) is 0 Å². The van der Waals surface area contributed by atoms with Gasteiger partial charge >= 0.3 is 0 Å². The number of hydrogen-bond acceptors (Lipinski definition) is 3. The summed E-state index contributed by atoms with van der Waals surface area (Å²) < 4.78 is 24.3. The summed E-state index contributed by atoms with van der Waals surface area (Å²) in [6.07, 6.45) is 5.25. The fourth-order valence-electron chi connectivity index (χ4n) is 1.93. The quantitative estimate of drug-likeness (QED) is 0.732. The van der Waals surface area contributed by atoms with E-state index in [4.69, 9.17) is 0 Å². The number of rotatable bonds is 7. The molecule has 0 amide bonds. The van der Waals surface area contributed by atoms with E-state index in [1.54, 1.807) is 14.1 Å². The van der Waals surface area contributed by atoms with Gasteiger partial charge in [0.2, 0.25) is 10.0 Å². The number of sulfonamides is 1. The summed E-state index contributed by atoms with van der Waals surface area (Å²) in [7, 11) is 0.110. The monoisotopic (exact) mass is 248 g/mol. The van der Waals surface area contributed by atoms with Gasteiger partial charge in [-0.1, -0.05) is 19.3 Å². The van der Waals surface area contributed by atoms with Gasteiger partial charge in [-0.05, 0) is 19.3 Å². The molecule has 1 N–H and O–H groups in total. The molecule has 0 aromatic rings. The van der Waals surface area contributed by atoms with E-state index < -0.39 is 10.0 Å². The van der Waals surface area contributed by atoms with Gasteiger partial charge < -0.3 is 5.32 Å². The molecule has 1 unspecified atom stereocenters. The minimum absolute atomic E-state index is 0.189. The predicted octanol–water partition coefficient (Wildman–Crippen LogP) is 1.05. The van der Waals surface area contributed by atoms with E-state index in [-0.39, 0.29) is 5.75 Å². The van der Waals surface area contributed by atoms with Gasteiger partial charge in [0.1, 0.15) is 0 Å². The van der Waals surface area contributed by atoms with Crippen LogP contribution < -0.4 is 5.32 Å². The van der Waals surface area contributed by atoms with E-state index in [0.717, 1.165) is 5.92 Å². The fourth-order valence-corrected chi connectivity index (χ4v) is 2.67. The van der Waals surface area contributed by atoms with Crippen LogP contribution in [0.15, 0.2) is 0 Å². The maximum absolute atomic E-state index is 11.5. The van der Waals surface area contributed by atoms with Crippen molar-refractivity contribution in [2.45, 2.75) is 38.6 Å². The molecule has 0 spiro atoms. The molecule has 0 aliphatic heterocycles. The summed E-state index contributed by atoms with van der Waals surface area (Å²) in [6.45, 7) is 2.69. The van der Waals surface area contributed by atoms with Crippen molar-refractivity contribution in [2.75, 3.05) is 26.4 Å². The van der Waals surface area contributed by atoms with Crippen LogP contribution in [0, 0.1) is 5.92 Å². The van der Waals surface area contributed by atoms with Gasteiger partial charge in [0.25, 0.3) is 0 Å². The van der Waals surface area contributed by atoms with Gasteiger partial charge in [-0.2, -0.15) is 0 Å². The Balaban J connectivity index is 2.14. The van der Waals surface area contributed by atoms with Crippen molar-refractivity contribution in [3.63, 3.8) is 0 Å². The molecular formula is C11H24N2O2S. The van der Waals surface area contributed by atoms with Crippen molar-refractivity contribution in [1.82, 2.24) is 9.62 Å². The van der Waals surface area contributed by atoms with Gasteiger partial charge in [0, 0.05) is 26.7 Å². The van der Waals surface area contributed by atoms with Crippen LogP contribution in [0.5, 0.6) is 0 Å². The lowest BCUT2D eigenvalue weighted by atomic mass is 9.81. The summed E-state index contributed by atoms with van der Waals surface area (Å²) in [5.41, 5.74) is 0. The van der Waals surface area contributed by atoms with Crippen LogP contribution >= 0.6 is 0 Å². The fraction of sp³-hybridized carbons (Fsp3) is 1.00. The molecule has 0 radical (unpaired) electrons. The Morgan fingerprint density at radius 2 is 2.00 bits per heavy atom. The molecule has 1 aliphatic rings. The largest absolute Gasteiger partial charge is 0.313 e. The Bertz CT molecular complexity index is 297. The minimum atomic E-state index is -3.04. The second kappa shape index (κ2) is 5.98. The second-order valence-corrected chi connectivity index (χ2v) is 7.29. The van der Waals surface area contributed by atoms with Crippen LogP contribution in [0.2, 0.25) is 0 Å². The summed E-state index contributed by atoms with van der Waals surface area (Å²) in [5.74, 6) is 1.06. The van der Waals surface area contributed by atoms with Gasteiger partial charge in [-0.15, -0.1) is 0 Å². The zero-order valence-electron chi connectivity index (χ0n) is 10.6. The van der Waals surface area contributed by atoms with Gasteiger partial charge in [0.05, 0.1) is 5.75 Å². The second-order valence-electron chi connectivity index (χ2n) is 4.99. The molecule has 0 bridgehead atoms. The van der Waals surface area contributed by atoms with Crippen LogP contribution in [0.25, 0.3) is 0 Å². The van der Waals surface area contributed by atoms with Crippen LogP contribution in [0.1, 0.15) is 32.6 Å². The van der Waals surface area contributed by atoms with Crippen molar-refractivity contribution < 1.29 is 8.42 Å². The van der Waals surface area contributed by atoms with E-state index in [1.807, 2.05) is 0 Å². The third-order valence-electron chi connectivity index (χ3n) is 3.32. The number of nitrogens with zero attached hydrogens (tertiary/aromatic N) is 1. The molecule has 1 saturated carbocycles. The Morgan fingerprint density at radius 3 is 2.44 bits per heavy atom. The lowest BCUT2D eigenvalue weighted by Crippen LogP contribution is -2.36. The summed E-state index contributed by atoms with van der Waals surface area (Å²) in [6, 6.07) is 0.433. The molecule has 16 heavy (non-hydrogen) atoms. The first-order chi connectivity index (χ1) is 7.42. The highest BCUT2D eigenvalue weighted by Gasteiger charge is 2.20. The van der Waals surface area contributed by atoms with Crippen LogP contribution in [-0.4, -0.2) is 45.2 Å². The van der Waals surface area contributed by atoms with Gasteiger partial charge in [0.15, 0.2) is 0 Å². The maximum Gasteiger partial charge on any atom is 0.214 e. The van der Waals surface area contributed by atoms with Gasteiger partial charge in [-0.25, -0.2) is 12.7 Å². The minimum Gasteiger partial charge on any atom is -0.313 e. The highest BCUT2D eigenvalue weighted by atomic mass is 32.2. The Labute approximate surface area is 99.5 Å². The maximum atomic E-state index is 11.5. The zero-order valence-corrected chi connectivity index (χ0v) is 11.4. The number of hydrogen-bond donors (Lipinski definition) is 1. The van der Waals surface area contributed by atoms with Crippen molar-refractivity contribution in [3.8, 4) is 0 Å². The van der Waals surface area contributed by atoms with Crippen LogP contribution in [0.4, 0.5) is 0 Å². The lowest BCUT2D eigenvalue weighted by molar-refractivity contribution is 0.267. The lowest BCUT2D eigenvalue weighted by Gasteiger charge is -2.28. The molecule has 1 rings (SSSR count). The molecule has 1 fully saturated rings. The third kappa shape index (κ3) is 4.39. The van der Waals surface area contributed by atoms with Crippen LogP contribution in [-0.2, 0) is 10.0 Å². The van der Waals surface area contributed by atoms with E-state index in [0.29, 0.717) is 12.6 Å². The topological polar surface area (TPSA) is 49.4 Å². The zero-order chi connectivity index (χ0) is 12.2. The van der Waals surface area contributed by atoms with Crippen molar-refractivity contribution >= 4 is 10.0 Å². The first-order valence-electron chi connectivity index (χ1n) is 6.05. The smallest absolute Gasteiger partial charge is 0.214 e. The van der Waals surface area contributed by atoms with E-state index >= 15 is 0 Å². The molecule has 5 heteroatoms. The molecule has 1 aliphatic carbocycles. The van der Waals surface area contributed by atoms with E-state index in [1.165, 1.54) is 30.0 Å². The standard InChI is InChI=1S/C11H24N2O2S/c1-10(9-11-5-4-6-11)12-7-8-16(14,15)13(2)3/h10-12H,4-9H2,1-3H3. The Hall–Kier alpha value is -0.130. The van der Waals surface area contributed by atoms with E-state index in [9.17, 15) is 8.42 Å². The summed E-state index contributed by atoms with van der Waals surface area (Å²) in [4.78, 5) is 0. The van der Waals surface area contributed by atoms with E-state index in [2.05, 4.69) is 12.2 Å². The molecule has 0 aromatic carbocycles. The Kier molecular flexibility index (Phi) is 5.21. The highest BCUT2D eigenvalue weighted by molar-refractivity contribution is 7.89.